The summed E-state index contributed by atoms with van der Waals surface area (Å²) in [5, 5.41) is 1.96. The minimum atomic E-state index is -3.87. The Hall–Kier alpha value is -2.74. The van der Waals surface area contributed by atoms with Gasteiger partial charge in [0.15, 0.2) is 0 Å². The van der Waals surface area contributed by atoms with Crippen LogP contribution < -0.4 is 15.2 Å². The Bertz CT molecular complexity index is 1110. The quantitative estimate of drug-likeness (QED) is 0.310. The van der Waals surface area contributed by atoms with Crippen molar-refractivity contribution >= 4 is 26.8 Å². The van der Waals surface area contributed by atoms with Gasteiger partial charge in [0.1, 0.15) is 11.8 Å². The summed E-state index contributed by atoms with van der Waals surface area (Å²) in [4.78, 5) is 12.9. The number of nitrogens with two attached hydrogens (primary N) is 1. The van der Waals surface area contributed by atoms with E-state index in [4.69, 9.17) is 10.5 Å². The Morgan fingerprint density at radius 1 is 1.00 bits per heavy atom. The smallest absolute Gasteiger partial charge is 0.329 e. The van der Waals surface area contributed by atoms with Gasteiger partial charge in [-0.25, -0.2) is 13.2 Å². The molecular formula is C23H26N2O4S. The van der Waals surface area contributed by atoms with Crippen LogP contribution in [0.3, 0.4) is 0 Å². The number of carbonyl (C=O) groups is 1. The molecule has 7 heteroatoms. The second kappa shape index (κ2) is 9.84. The Kier molecular flexibility index (Phi) is 7.20. The fraction of sp³-hybridized carbons (Fsp3) is 0.261. The lowest BCUT2D eigenvalue weighted by Gasteiger charge is -2.18. The van der Waals surface area contributed by atoms with Crippen LogP contribution in [0.2, 0.25) is 0 Å². The number of sulfonamides is 1. The van der Waals surface area contributed by atoms with E-state index in [1.54, 1.807) is 24.3 Å². The molecule has 0 bridgehead atoms. The molecule has 0 fully saturated rings. The Morgan fingerprint density at radius 3 is 2.40 bits per heavy atom. The number of fused-ring (bicyclic) bond motifs is 1. The van der Waals surface area contributed by atoms with Crippen LogP contribution in [-0.2, 0) is 14.8 Å². The van der Waals surface area contributed by atoms with Gasteiger partial charge in [0, 0.05) is 0 Å². The Morgan fingerprint density at radius 2 is 1.70 bits per heavy atom. The highest BCUT2D eigenvalue weighted by atomic mass is 32.2. The lowest BCUT2D eigenvalue weighted by Crippen LogP contribution is -2.43. The molecule has 1 unspecified atom stereocenters. The molecule has 3 rings (SSSR count). The predicted octanol–water partition coefficient (Wildman–Crippen LogP) is 3.53. The summed E-state index contributed by atoms with van der Waals surface area (Å²) in [6.07, 6.45) is 1.59. The standard InChI is InChI=1S/C23H26N2O4S/c1-17-9-13-21(14-10-17)30(27,28)25-22(8-4-5-15-24)23(26)29-20-12-11-18-6-2-3-7-19(18)16-20/h2-3,6-7,9-14,16,22,25H,4-5,8,15,24H2,1H3. The van der Waals surface area contributed by atoms with Crippen molar-refractivity contribution in [3.8, 4) is 5.75 Å². The third-order valence-electron chi connectivity index (χ3n) is 4.80. The number of unbranched alkanes of at least 4 members (excludes halogenated alkanes) is 1. The molecule has 1 atom stereocenters. The molecule has 3 N–H and O–H groups in total. The number of nitrogens with one attached hydrogen (secondary N) is 1. The van der Waals surface area contributed by atoms with Gasteiger partial charge < -0.3 is 10.5 Å². The molecular weight excluding hydrogens is 400 g/mol. The van der Waals surface area contributed by atoms with E-state index in [1.165, 1.54) is 12.1 Å². The number of hydrogen-bond acceptors (Lipinski definition) is 5. The SMILES string of the molecule is Cc1ccc(S(=O)(=O)NC(CCCCN)C(=O)Oc2ccc3ccccc3c2)cc1. The fourth-order valence-electron chi connectivity index (χ4n) is 3.11. The molecule has 0 amide bonds. The second-order valence-corrected chi connectivity index (χ2v) is 8.92. The van der Waals surface area contributed by atoms with E-state index in [0.717, 1.165) is 16.3 Å². The van der Waals surface area contributed by atoms with E-state index >= 15 is 0 Å². The molecule has 158 valence electrons. The summed E-state index contributed by atoms with van der Waals surface area (Å²) in [7, 11) is -3.87. The molecule has 0 saturated carbocycles. The van der Waals surface area contributed by atoms with Crippen LogP contribution in [-0.4, -0.2) is 27.0 Å². The van der Waals surface area contributed by atoms with Crippen LogP contribution in [0.5, 0.6) is 5.75 Å². The van der Waals surface area contributed by atoms with Gasteiger partial charge in [0.2, 0.25) is 10.0 Å². The fourth-order valence-corrected chi connectivity index (χ4v) is 4.33. The lowest BCUT2D eigenvalue weighted by molar-refractivity contribution is -0.136. The molecule has 3 aromatic carbocycles. The maximum atomic E-state index is 12.8. The van der Waals surface area contributed by atoms with Crippen LogP contribution in [0.4, 0.5) is 0 Å². The van der Waals surface area contributed by atoms with Gasteiger partial charge in [0.25, 0.3) is 0 Å². The Balaban J connectivity index is 1.78. The van der Waals surface area contributed by atoms with E-state index < -0.39 is 22.0 Å². The van der Waals surface area contributed by atoms with Crippen molar-refractivity contribution in [1.82, 2.24) is 4.72 Å². The molecule has 0 heterocycles. The van der Waals surface area contributed by atoms with Gasteiger partial charge in [-0.1, -0.05) is 54.4 Å². The predicted molar refractivity (Wildman–Crippen MR) is 118 cm³/mol. The van der Waals surface area contributed by atoms with E-state index in [9.17, 15) is 13.2 Å². The largest absolute Gasteiger partial charge is 0.425 e. The minimum Gasteiger partial charge on any atom is -0.425 e. The molecule has 0 aliphatic heterocycles. The summed E-state index contributed by atoms with van der Waals surface area (Å²) < 4.78 is 33.6. The van der Waals surface area contributed by atoms with Crippen molar-refractivity contribution in [3.05, 3.63) is 72.3 Å². The topological polar surface area (TPSA) is 98.5 Å². The molecule has 0 aromatic heterocycles. The summed E-state index contributed by atoms with van der Waals surface area (Å²) in [6, 6.07) is 18.5. The number of hydrogen-bond donors (Lipinski definition) is 2. The van der Waals surface area contributed by atoms with E-state index in [1.807, 2.05) is 37.3 Å². The zero-order chi connectivity index (χ0) is 21.6. The van der Waals surface area contributed by atoms with Crippen LogP contribution >= 0.6 is 0 Å². The molecule has 6 nitrogen and oxygen atoms in total. The van der Waals surface area contributed by atoms with Crippen molar-refractivity contribution in [2.75, 3.05) is 6.54 Å². The highest BCUT2D eigenvalue weighted by molar-refractivity contribution is 7.89. The van der Waals surface area contributed by atoms with Gasteiger partial charge in [-0.2, -0.15) is 4.72 Å². The molecule has 0 spiro atoms. The number of ether oxygens (including phenoxy) is 1. The first-order chi connectivity index (χ1) is 14.4. The molecule has 0 saturated heterocycles. The van der Waals surface area contributed by atoms with Gasteiger partial charge in [0.05, 0.1) is 4.90 Å². The maximum absolute atomic E-state index is 12.8. The average molecular weight is 427 g/mol. The minimum absolute atomic E-state index is 0.107. The summed E-state index contributed by atoms with van der Waals surface area (Å²) in [5.41, 5.74) is 6.49. The number of esters is 1. The first-order valence-electron chi connectivity index (χ1n) is 9.88. The van der Waals surface area contributed by atoms with Crippen LogP contribution in [0.1, 0.15) is 24.8 Å². The van der Waals surface area contributed by atoms with Gasteiger partial charge in [-0.3, -0.25) is 0 Å². The molecule has 0 aliphatic carbocycles. The van der Waals surface area contributed by atoms with Crippen molar-refractivity contribution in [2.24, 2.45) is 5.73 Å². The first-order valence-corrected chi connectivity index (χ1v) is 11.4. The first kappa shape index (κ1) is 22.0. The highest BCUT2D eigenvalue weighted by Crippen LogP contribution is 2.21. The zero-order valence-corrected chi connectivity index (χ0v) is 17.7. The van der Waals surface area contributed by atoms with Gasteiger partial charge in [-0.05, 0) is 61.3 Å². The van der Waals surface area contributed by atoms with E-state index in [0.29, 0.717) is 31.6 Å². The average Bonchev–Trinajstić information content (AvgIpc) is 2.73. The summed E-state index contributed by atoms with van der Waals surface area (Å²) >= 11 is 0. The highest BCUT2D eigenvalue weighted by Gasteiger charge is 2.27. The third kappa shape index (κ3) is 5.66. The number of carbonyl (C=O) groups excluding carboxylic acids is 1. The van der Waals surface area contributed by atoms with Crippen molar-refractivity contribution in [2.45, 2.75) is 37.1 Å². The number of aryl methyl sites for hydroxylation is 1. The molecule has 0 radical (unpaired) electrons. The lowest BCUT2D eigenvalue weighted by atomic mass is 10.1. The zero-order valence-electron chi connectivity index (χ0n) is 16.9. The van der Waals surface area contributed by atoms with Crippen molar-refractivity contribution < 1.29 is 17.9 Å². The molecule has 3 aromatic rings. The normalized spacial score (nSPS) is 12.6. The van der Waals surface area contributed by atoms with E-state index in [-0.39, 0.29) is 4.90 Å². The summed E-state index contributed by atoms with van der Waals surface area (Å²) in [6.45, 7) is 2.34. The van der Waals surface area contributed by atoms with Crippen LogP contribution in [0.25, 0.3) is 10.8 Å². The third-order valence-corrected chi connectivity index (χ3v) is 6.29. The van der Waals surface area contributed by atoms with Crippen LogP contribution in [0.15, 0.2) is 71.6 Å². The van der Waals surface area contributed by atoms with Gasteiger partial charge >= 0.3 is 5.97 Å². The van der Waals surface area contributed by atoms with Crippen LogP contribution in [0, 0.1) is 6.92 Å². The number of rotatable bonds is 9. The van der Waals surface area contributed by atoms with E-state index in [2.05, 4.69) is 4.72 Å². The Labute approximate surface area is 177 Å². The van der Waals surface area contributed by atoms with Crippen molar-refractivity contribution in [1.29, 1.82) is 0 Å². The van der Waals surface area contributed by atoms with Crippen molar-refractivity contribution in [3.63, 3.8) is 0 Å². The maximum Gasteiger partial charge on any atom is 0.329 e. The monoisotopic (exact) mass is 426 g/mol. The summed E-state index contributed by atoms with van der Waals surface area (Å²) in [5.74, 6) is -0.268. The molecule has 0 aliphatic rings. The second-order valence-electron chi connectivity index (χ2n) is 7.20. The number of benzene rings is 3. The van der Waals surface area contributed by atoms with Gasteiger partial charge in [-0.15, -0.1) is 0 Å². The molecule has 30 heavy (non-hydrogen) atoms.